The number of fused-ring (bicyclic) bond motifs is 1. The molecule has 0 saturated carbocycles. The number of carbonyl (C=O) groups is 1. The molecule has 0 radical (unpaired) electrons. The summed E-state index contributed by atoms with van der Waals surface area (Å²) in [6.07, 6.45) is 1.47. The summed E-state index contributed by atoms with van der Waals surface area (Å²) in [6, 6.07) is 7.66. The Morgan fingerprint density at radius 2 is 2.05 bits per heavy atom. The summed E-state index contributed by atoms with van der Waals surface area (Å²) in [5.74, 6) is -1.03. The molecule has 2 heterocycles. The molecule has 0 aliphatic carbocycles. The van der Waals surface area contributed by atoms with Crippen LogP contribution in [0.2, 0.25) is 0 Å². The minimum absolute atomic E-state index is 0.168. The van der Waals surface area contributed by atoms with Crippen molar-refractivity contribution < 1.29 is 9.90 Å². The Morgan fingerprint density at radius 1 is 1.36 bits per heavy atom. The summed E-state index contributed by atoms with van der Waals surface area (Å²) < 4.78 is 2.47. The van der Waals surface area contributed by atoms with E-state index >= 15 is 0 Å². The predicted octanol–water partition coefficient (Wildman–Crippen LogP) is 3.28. The molecule has 3 aromatic rings. The van der Waals surface area contributed by atoms with Crippen molar-refractivity contribution >= 4 is 43.5 Å². The maximum atomic E-state index is 12.6. The number of carboxylic acid groups (broad SMARTS) is 1. The highest BCUT2D eigenvalue weighted by Crippen LogP contribution is 2.26. The number of aromatic nitrogens is 2. The molecule has 22 heavy (non-hydrogen) atoms. The second-order valence-corrected chi connectivity index (χ2v) is 6.76. The van der Waals surface area contributed by atoms with Gasteiger partial charge >= 0.3 is 5.97 Å². The zero-order valence-electron chi connectivity index (χ0n) is 11.5. The zero-order valence-corrected chi connectivity index (χ0v) is 13.9. The van der Waals surface area contributed by atoms with Crippen molar-refractivity contribution in [2.45, 2.75) is 13.5 Å². The van der Waals surface area contributed by atoms with Crippen LogP contribution >= 0.6 is 27.3 Å². The number of carboxylic acids is 1. The van der Waals surface area contributed by atoms with Crippen molar-refractivity contribution in [2.75, 3.05) is 0 Å². The van der Waals surface area contributed by atoms with Crippen molar-refractivity contribution in [1.29, 1.82) is 0 Å². The highest BCUT2D eigenvalue weighted by Gasteiger charge is 2.18. The number of halogens is 1. The molecule has 3 rings (SSSR count). The predicted molar refractivity (Wildman–Crippen MR) is 88.8 cm³/mol. The van der Waals surface area contributed by atoms with Crippen LogP contribution in [0.4, 0.5) is 0 Å². The van der Waals surface area contributed by atoms with Gasteiger partial charge in [-0.15, -0.1) is 11.3 Å². The van der Waals surface area contributed by atoms with Crippen LogP contribution in [0.3, 0.4) is 0 Å². The van der Waals surface area contributed by atoms with Crippen molar-refractivity contribution in [3.05, 3.63) is 61.4 Å². The Bertz CT molecular complexity index is 928. The van der Waals surface area contributed by atoms with E-state index in [1.54, 1.807) is 6.92 Å². The first-order valence-corrected chi connectivity index (χ1v) is 8.04. The third kappa shape index (κ3) is 2.57. The van der Waals surface area contributed by atoms with E-state index in [-0.39, 0.29) is 10.4 Å². The summed E-state index contributed by atoms with van der Waals surface area (Å²) in [7, 11) is 0. The molecule has 7 heteroatoms. The largest absolute Gasteiger partial charge is 0.477 e. The van der Waals surface area contributed by atoms with Crippen molar-refractivity contribution in [1.82, 2.24) is 9.55 Å². The van der Waals surface area contributed by atoms with E-state index in [0.29, 0.717) is 22.3 Å². The lowest BCUT2D eigenvalue weighted by Crippen LogP contribution is -2.21. The number of aryl methyl sites for hydroxylation is 1. The number of rotatable bonds is 3. The number of aromatic carboxylic acids is 1. The molecule has 0 saturated heterocycles. The van der Waals surface area contributed by atoms with Gasteiger partial charge in [-0.25, -0.2) is 9.78 Å². The van der Waals surface area contributed by atoms with Crippen molar-refractivity contribution in [2.24, 2.45) is 0 Å². The molecule has 0 bridgehead atoms. The van der Waals surface area contributed by atoms with E-state index in [1.165, 1.54) is 10.9 Å². The van der Waals surface area contributed by atoms with Crippen LogP contribution in [0.5, 0.6) is 0 Å². The Kier molecular flexibility index (Phi) is 3.84. The number of hydrogen-bond donors (Lipinski definition) is 1. The van der Waals surface area contributed by atoms with Crippen LogP contribution < -0.4 is 5.56 Å². The Labute approximate surface area is 138 Å². The van der Waals surface area contributed by atoms with Crippen LogP contribution in [0.25, 0.3) is 10.2 Å². The van der Waals surface area contributed by atoms with Crippen LogP contribution in [-0.2, 0) is 6.54 Å². The van der Waals surface area contributed by atoms with Gasteiger partial charge in [-0.1, -0.05) is 28.1 Å². The first-order valence-electron chi connectivity index (χ1n) is 6.43. The van der Waals surface area contributed by atoms with Gasteiger partial charge in [-0.3, -0.25) is 9.36 Å². The average Bonchev–Trinajstić information content (AvgIpc) is 2.82. The molecular weight excluding hydrogens is 368 g/mol. The topological polar surface area (TPSA) is 72.2 Å². The second-order valence-electron chi connectivity index (χ2n) is 4.85. The molecule has 0 unspecified atom stereocenters. The molecular formula is C15H11BrN2O3S. The summed E-state index contributed by atoms with van der Waals surface area (Å²) >= 11 is 4.40. The molecule has 0 fully saturated rings. The highest BCUT2D eigenvalue weighted by molar-refractivity contribution is 9.10. The number of benzene rings is 1. The summed E-state index contributed by atoms with van der Waals surface area (Å²) in [6.45, 7) is 2.04. The molecule has 5 nitrogen and oxygen atoms in total. The van der Waals surface area contributed by atoms with Gasteiger partial charge < -0.3 is 5.11 Å². The lowest BCUT2D eigenvalue weighted by Gasteiger charge is -2.05. The summed E-state index contributed by atoms with van der Waals surface area (Å²) in [4.78, 5) is 28.6. The van der Waals surface area contributed by atoms with Gasteiger partial charge in [0.15, 0.2) is 0 Å². The molecule has 0 amide bonds. The maximum Gasteiger partial charge on any atom is 0.346 e. The van der Waals surface area contributed by atoms with Crippen molar-refractivity contribution in [3.63, 3.8) is 0 Å². The number of hydrogen-bond acceptors (Lipinski definition) is 4. The van der Waals surface area contributed by atoms with E-state index in [0.717, 1.165) is 21.4 Å². The number of thiophene rings is 1. The van der Waals surface area contributed by atoms with Gasteiger partial charge in [0.05, 0.1) is 18.3 Å². The minimum Gasteiger partial charge on any atom is -0.477 e. The average molecular weight is 379 g/mol. The molecule has 1 aromatic carbocycles. The molecule has 0 atom stereocenters. The number of nitrogens with zero attached hydrogens (tertiary/aromatic N) is 2. The van der Waals surface area contributed by atoms with E-state index < -0.39 is 5.97 Å². The van der Waals surface area contributed by atoms with Gasteiger partial charge in [-0.05, 0) is 30.2 Å². The third-order valence-corrected chi connectivity index (χ3v) is 5.09. The molecule has 0 aliphatic rings. The van der Waals surface area contributed by atoms with Crippen molar-refractivity contribution in [3.8, 4) is 0 Å². The monoisotopic (exact) mass is 378 g/mol. The summed E-state index contributed by atoms with van der Waals surface area (Å²) in [5.41, 5.74) is 1.24. The molecule has 1 N–H and O–H groups in total. The van der Waals surface area contributed by atoms with Gasteiger partial charge in [0, 0.05) is 4.47 Å². The SMILES string of the molecule is Cc1c(C(=O)O)sc2ncn(Cc3ccc(Br)cc3)c(=O)c12. The van der Waals surface area contributed by atoms with Crippen LogP contribution in [-0.4, -0.2) is 20.6 Å². The van der Waals surface area contributed by atoms with E-state index in [1.807, 2.05) is 24.3 Å². The lowest BCUT2D eigenvalue weighted by molar-refractivity contribution is 0.0701. The molecule has 0 aliphatic heterocycles. The van der Waals surface area contributed by atoms with Gasteiger partial charge in [-0.2, -0.15) is 0 Å². The fourth-order valence-corrected chi connectivity index (χ4v) is 3.50. The molecule has 112 valence electrons. The lowest BCUT2D eigenvalue weighted by atomic mass is 10.2. The second kappa shape index (κ2) is 5.66. The summed E-state index contributed by atoms with van der Waals surface area (Å²) in [5, 5.41) is 9.55. The fourth-order valence-electron chi connectivity index (χ4n) is 2.26. The van der Waals surface area contributed by atoms with Gasteiger partial charge in [0.25, 0.3) is 5.56 Å². The smallest absolute Gasteiger partial charge is 0.346 e. The fraction of sp³-hybridized carbons (Fsp3) is 0.133. The van der Waals surface area contributed by atoms with Gasteiger partial charge in [0.2, 0.25) is 0 Å². The maximum absolute atomic E-state index is 12.6. The van der Waals surface area contributed by atoms with Crippen LogP contribution in [0.15, 0.2) is 39.9 Å². The van der Waals surface area contributed by atoms with Crippen LogP contribution in [0, 0.1) is 6.92 Å². The molecule has 0 spiro atoms. The first kappa shape index (κ1) is 14.9. The Balaban J connectivity index is 2.10. The van der Waals surface area contributed by atoms with E-state index in [9.17, 15) is 9.59 Å². The first-order chi connectivity index (χ1) is 10.5. The quantitative estimate of drug-likeness (QED) is 0.758. The van der Waals surface area contributed by atoms with E-state index in [2.05, 4.69) is 20.9 Å². The standard InChI is InChI=1S/C15H11BrN2O3S/c1-8-11-13(22-12(8)15(20)21)17-7-18(14(11)19)6-9-2-4-10(16)5-3-9/h2-5,7H,6H2,1H3,(H,20,21). The van der Waals surface area contributed by atoms with Crippen LogP contribution in [0.1, 0.15) is 20.8 Å². The zero-order chi connectivity index (χ0) is 15.9. The minimum atomic E-state index is -1.03. The molecule has 2 aromatic heterocycles. The van der Waals surface area contributed by atoms with Gasteiger partial charge in [0.1, 0.15) is 9.71 Å². The third-order valence-electron chi connectivity index (χ3n) is 3.38. The normalized spacial score (nSPS) is 11.0. The Morgan fingerprint density at radius 3 is 2.68 bits per heavy atom. The van der Waals surface area contributed by atoms with E-state index in [4.69, 9.17) is 5.11 Å². The highest BCUT2D eigenvalue weighted by atomic mass is 79.9. The Hall–Kier alpha value is -1.99.